The van der Waals surface area contributed by atoms with Gasteiger partial charge in [0.1, 0.15) is 0 Å². The van der Waals surface area contributed by atoms with Gasteiger partial charge in [0.2, 0.25) is 15.9 Å². The van der Waals surface area contributed by atoms with Crippen molar-refractivity contribution in [2.75, 3.05) is 12.8 Å². The van der Waals surface area contributed by atoms with E-state index in [0.717, 1.165) is 28.5 Å². The summed E-state index contributed by atoms with van der Waals surface area (Å²) in [4.78, 5) is 12.4. The molecular weight excluding hydrogens is 348 g/mol. The molecule has 1 amide bonds. The van der Waals surface area contributed by atoms with Crippen LogP contribution < -0.4 is 5.32 Å². The predicted molar refractivity (Wildman–Crippen MR) is 104 cm³/mol. The molecule has 6 heteroatoms. The molecule has 0 aromatic heterocycles. The van der Waals surface area contributed by atoms with Gasteiger partial charge in [-0.1, -0.05) is 59.7 Å². The van der Waals surface area contributed by atoms with Gasteiger partial charge in [0.25, 0.3) is 0 Å². The Morgan fingerprint density at radius 2 is 1.50 bits per heavy atom. The van der Waals surface area contributed by atoms with Crippen LogP contribution in [0.2, 0.25) is 0 Å². The minimum atomic E-state index is -3.50. The van der Waals surface area contributed by atoms with Crippen LogP contribution in [0, 0.1) is 13.8 Å². The van der Waals surface area contributed by atoms with Gasteiger partial charge in [0.15, 0.2) is 0 Å². The first kappa shape index (κ1) is 20.1. The van der Waals surface area contributed by atoms with Crippen molar-refractivity contribution in [3.63, 3.8) is 0 Å². The number of aryl methyl sites for hydroxylation is 2. The Labute approximate surface area is 156 Å². The fourth-order valence-corrected chi connectivity index (χ4v) is 3.31. The van der Waals surface area contributed by atoms with E-state index in [1.54, 1.807) is 0 Å². The molecule has 2 aromatic rings. The molecule has 1 N–H and O–H groups in total. The number of benzene rings is 2. The topological polar surface area (TPSA) is 66.5 Å². The summed E-state index contributed by atoms with van der Waals surface area (Å²) >= 11 is 0. The van der Waals surface area contributed by atoms with Gasteiger partial charge >= 0.3 is 0 Å². The number of carbonyl (C=O) groups is 1. The molecule has 1 atom stereocenters. The fraction of sp³-hybridized carbons (Fsp3) is 0.350. The van der Waals surface area contributed by atoms with Gasteiger partial charge in [-0.25, -0.2) is 8.42 Å². The number of amides is 1. The zero-order chi connectivity index (χ0) is 19.3. The Balaban J connectivity index is 2.04. The largest absolute Gasteiger partial charge is 0.348 e. The van der Waals surface area contributed by atoms with Crippen LogP contribution in [0.15, 0.2) is 48.5 Å². The number of nitrogens with one attached hydrogen (secondary N) is 1. The van der Waals surface area contributed by atoms with Crippen molar-refractivity contribution in [2.45, 2.75) is 33.4 Å². The molecule has 0 heterocycles. The smallest absolute Gasteiger partial charge is 0.235 e. The molecule has 2 rings (SSSR count). The molecule has 0 aliphatic heterocycles. The van der Waals surface area contributed by atoms with E-state index in [9.17, 15) is 13.2 Å². The van der Waals surface area contributed by atoms with E-state index in [-0.39, 0.29) is 25.0 Å². The van der Waals surface area contributed by atoms with E-state index in [1.165, 1.54) is 4.31 Å². The summed E-state index contributed by atoms with van der Waals surface area (Å²) in [7, 11) is -3.50. The lowest BCUT2D eigenvalue weighted by Gasteiger charge is -2.21. The molecule has 0 spiro atoms. The van der Waals surface area contributed by atoms with E-state index >= 15 is 0 Å². The first-order valence-electron chi connectivity index (χ1n) is 8.52. The van der Waals surface area contributed by atoms with Crippen LogP contribution in [-0.4, -0.2) is 31.4 Å². The van der Waals surface area contributed by atoms with Gasteiger partial charge in [-0.2, -0.15) is 4.31 Å². The number of rotatable bonds is 7. The molecule has 0 radical (unpaired) electrons. The molecular formula is C20H26N2O3S. The summed E-state index contributed by atoms with van der Waals surface area (Å²) < 4.78 is 25.3. The van der Waals surface area contributed by atoms with Crippen molar-refractivity contribution >= 4 is 15.9 Å². The van der Waals surface area contributed by atoms with Crippen LogP contribution in [0.5, 0.6) is 0 Å². The molecule has 2 aromatic carbocycles. The molecule has 0 unspecified atom stereocenters. The predicted octanol–water partition coefficient (Wildman–Crippen LogP) is 2.94. The van der Waals surface area contributed by atoms with E-state index in [4.69, 9.17) is 0 Å². The first-order valence-corrected chi connectivity index (χ1v) is 10.4. The lowest BCUT2D eigenvalue weighted by atomic mass is 10.1. The average molecular weight is 375 g/mol. The Hall–Kier alpha value is -2.18. The molecule has 5 nitrogen and oxygen atoms in total. The number of hydrogen-bond acceptors (Lipinski definition) is 3. The molecule has 0 saturated carbocycles. The van der Waals surface area contributed by atoms with E-state index < -0.39 is 10.0 Å². The second-order valence-electron chi connectivity index (χ2n) is 6.72. The second-order valence-corrected chi connectivity index (χ2v) is 8.70. The van der Waals surface area contributed by atoms with Gasteiger partial charge in [0, 0.05) is 6.54 Å². The van der Waals surface area contributed by atoms with E-state index in [0.29, 0.717) is 0 Å². The quantitative estimate of drug-likeness (QED) is 0.810. The molecule has 140 valence electrons. The third-order valence-corrected chi connectivity index (χ3v) is 5.42. The minimum absolute atomic E-state index is 0.172. The maximum Gasteiger partial charge on any atom is 0.235 e. The van der Waals surface area contributed by atoms with Crippen LogP contribution in [0.25, 0.3) is 0 Å². The summed E-state index contributed by atoms with van der Waals surface area (Å²) in [6, 6.07) is 15.3. The standard InChI is InChI=1S/C20H26N2O3S/c1-15-5-9-18(10-6-15)13-22(26(4,24)25)14-20(23)21-17(3)19-11-7-16(2)8-12-19/h5-12,17H,13-14H2,1-4H3,(H,21,23)/t17-/m0/s1. The highest BCUT2D eigenvalue weighted by atomic mass is 32.2. The van der Waals surface area contributed by atoms with Gasteiger partial charge in [-0.05, 0) is 31.9 Å². The van der Waals surface area contributed by atoms with Gasteiger partial charge < -0.3 is 5.32 Å². The molecule has 0 fully saturated rings. The minimum Gasteiger partial charge on any atom is -0.348 e. The molecule has 0 saturated heterocycles. The van der Waals surface area contributed by atoms with E-state index in [1.807, 2.05) is 69.3 Å². The summed E-state index contributed by atoms with van der Waals surface area (Å²) in [5, 5.41) is 2.87. The van der Waals surface area contributed by atoms with Crippen LogP contribution in [-0.2, 0) is 21.4 Å². The highest BCUT2D eigenvalue weighted by molar-refractivity contribution is 7.88. The lowest BCUT2D eigenvalue weighted by molar-refractivity contribution is -0.122. The number of sulfonamides is 1. The summed E-state index contributed by atoms with van der Waals surface area (Å²) in [5.41, 5.74) is 4.08. The van der Waals surface area contributed by atoms with Gasteiger partial charge in [-0.15, -0.1) is 0 Å². The third kappa shape index (κ3) is 5.97. The third-order valence-electron chi connectivity index (χ3n) is 4.22. The SMILES string of the molecule is Cc1ccc(CN(CC(=O)N[C@@H](C)c2ccc(C)cc2)S(C)(=O)=O)cc1. The summed E-state index contributed by atoms with van der Waals surface area (Å²) in [6.07, 6.45) is 1.12. The first-order chi connectivity index (χ1) is 12.1. The highest BCUT2D eigenvalue weighted by Crippen LogP contribution is 2.14. The van der Waals surface area contributed by atoms with E-state index in [2.05, 4.69) is 5.32 Å². The maximum atomic E-state index is 12.4. The zero-order valence-corrected chi connectivity index (χ0v) is 16.5. The van der Waals surface area contributed by atoms with Crippen molar-refractivity contribution in [1.82, 2.24) is 9.62 Å². The molecule has 0 bridgehead atoms. The Kier molecular flexibility index (Phi) is 6.56. The fourth-order valence-electron chi connectivity index (χ4n) is 2.57. The van der Waals surface area contributed by atoms with Crippen LogP contribution in [0.1, 0.15) is 35.2 Å². The Bertz CT molecular complexity index is 844. The molecule has 0 aliphatic rings. The second kappa shape index (κ2) is 8.47. The number of nitrogens with zero attached hydrogens (tertiary/aromatic N) is 1. The number of hydrogen-bond donors (Lipinski definition) is 1. The van der Waals surface area contributed by atoms with Crippen LogP contribution >= 0.6 is 0 Å². The average Bonchev–Trinajstić information content (AvgIpc) is 2.56. The Morgan fingerprint density at radius 3 is 2.00 bits per heavy atom. The van der Waals surface area contributed by atoms with Crippen LogP contribution in [0.4, 0.5) is 0 Å². The molecule has 0 aliphatic carbocycles. The van der Waals surface area contributed by atoms with Crippen LogP contribution in [0.3, 0.4) is 0 Å². The van der Waals surface area contributed by atoms with Crippen molar-refractivity contribution in [1.29, 1.82) is 0 Å². The summed E-state index contributed by atoms with van der Waals surface area (Å²) in [6.45, 7) is 5.82. The molecule has 26 heavy (non-hydrogen) atoms. The monoisotopic (exact) mass is 374 g/mol. The lowest BCUT2D eigenvalue weighted by Crippen LogP contribution is -2.40. The summed E-state index contributed by atoms with van der Waals surface area (Å²) in [5.74, 6) is -0.324. The van der Waals surface area contributed by atoms with Gasteiger partial charge in [-0.3, -0.25) is 4.79 Å². The van der Waals surface area contributed by atoms with Crippen molar-refractivity contribution in [3.05, 3.63) is 70.8 Å². The van der Waals surface area contributed by atoms with Crippen molar-refractivity contribution in [3.8, 4) is 0 Å². The maximum absolute atomic E-state index is 12.4. The highest BCUT2D eigenvalue weighted by Gasteiger charge is 2.21. The van der Waals surface area contributed by atoms with Gasteiger partial charge in [0.05, 0.1) is 18.8 Å². The van der Waals surface area contributed by atoms with Crippen molar-refractivity contribution in [2.24, 2.45) is 0 Å². The number of carbonyl (C=O) groups excluding carboxylic acids is 1. The Morgan fingerprint density at radius 1 is 1.00 bits per heavy atom. The zero-order valence-electron chi connectivity index (χ0n) is 15.7. The van der Waals surface area contributed by atoms with Crippen molar-refractivity contribution < 1.29 is 13.2 Å². The normalized spacial score (nSPS) is 12.8.